The van der Waals surface area contributed by atoms with Gasteiger partial charge < -0.3 is 20.4 Å². The van der Waals surface area contributed by atoms with Gasteiger partial charge in [-0.1, -0.05) is 50.2 Å². The Morgan fingerprint density at radius 2 is 1.15 bits per heavy atom. The fraction of sp³-hybridized carbons (Fsp3) is 0.217. The Morgan fingerprint density at radius 1 is 0.667 bits per heavy atom. The molecule has 0 atom stereocenters. The molecule has 0 heterocycles. The van der Waals surface area contributed by atoms with Crippen LogP contribution in [0.2, 0.25) is 0 Å². The number of phenols is 4. The van der Waals surface area contributed by atoms with Gasteiger partial charge in [-0.25, -0.2) is 0 Å². The quantitative estimate of drug-likeness (QED) is 0.486. The highest BCUT2D eigenvalue weighted by Crippen LogP contribution is 2.42. The molecule has 0 aliphatic rings. The summed E-state index contributed by atoms with van der Waals surface area (Å²) in [6.45, 7) is 4.33. The molecule has 3 rings (SSSR count). The van der Waals surface area contributed by atoms with Crippen LogP contribution >= 0.6 is 0 Å². The number of benzene rings is 3. The van der Waals surface area contributed by atoms with Gasteiger partial charge in [-0.3, -0.25) is 0 Å². The van der Waals surface area contributed by atoms with E-state index in [1.807, 2.05) is 12.1 Å². The molecule has 0 amide bonds. The Bertz CT molecular complexity index is 878. The first-order chi connectivity index (χ1) is 12.8. The summed E-state index contributed by atoms with van der Waals surface area (Å²) in [4.78, 5) is 0. The van der Waals surface area contributed by atoms with E-state index in [1.165, 1.54) is 29.8 Å². The van der Waals surface area contributed by atoms with Gasteiger partial charge >= 0.3 is 0 Å². The molecule has 0 aliphatic carbocycles. The summed E-state index contributed by atoms with van der Waals surface area (Å²) in [5.41, 5.74) is 3.23. The molecule has 0 spiro atoms. The normalized spacial score (nSPS) is 11.3. The Kier molecular flexibility index (Phi) is 5.26. The van der Waals surface area contributed by atoms with E-state index in [9.17, 15) is 20.4 Å². The van der Waals surface area contributed by atoms with Gasteiger partial charge in [-0.15, -0.1) is 0 Å². The lowest BCUT2D eigenvalue weighted by Crippen LogP contribution is -2.05. The second-order valence-electron chi connectivity index (χ2n) is 7.26. The van der Waals surface area contributed by atoms with Gasteiger partial charge in [0, 0.05) is 29.2 Å². The zero-order valence-electron chi connectivity index (χ0n) is 15.4. The molecule has 4 heteroatoms. The summed E-state index contributed by atoms with van der Waals surface area (Å²) in [7, 11) is 0. The molecule has 4 N–H and O–H groups in total. The molecule has 0 radical (unpaired) electrons. The van der Waals surface area contributed by atoms with Crippen LogP contribution < -0.4 is 0 Å². The highest BCUT2D eigenvalue weighted by atomic mass is 16.3. The van der Waals surface area contributed by atoms with Crippen molar-refractivity contribution in [3.63, 3.8) is 0 Å². The summed E-state index contributed by atoms with van der Waals surface area (Å²) in [5.74, 6) is -0.0693. The highest BCUT2D eigenvalue weighted by molar-refractivity contribution is 5.55. The Balaban J connectivity index is 2.12. The third kappa shape index (κ3) is 4.17. The molecule has 4 nitrogen and oxygen atoms in total. The number of phenolic OH excluding ortho intramolecular Hbond substituents is 4. The molecule has 0 fully saturated rings. The van der Waals surface area contributed by atoms with Crippen LogP contribution in [0.5, 0.6) is 23.0 Å². The van der Waals surface area contributed by atoms with Crippen molar-refractivity contribution in [2.24, 2.45) is 5.92 Å². The van der Waals surface area contributed by atoms with E-state index in [0.717, 1.165) is 12.0 Å². The van der Waals surface area contributed by atoms with Gasteiger partial charge in [0.1, 0.15) is 23.0 Å². The lowest BCUT2D eigenvalue weighted by atomic mass is 9.83. The van der Waals surface area contributed by atoms with Crippen molar-refractivity contribution in [2.45, 2.75) is 26.2 Å². The zero-order chi connectivity index (χ0) is 19.6. The number of aromatic hydroxyl groups is 4. The summed E-state index contributed by atoms with van der Waals surface area (Å²) < 4.78 is 0. The van der Waals surface area contributed by atoms with Crippen LogP contribution in [0.4, 0.5) is 0 Å². The van der Waals surface area contributed by atoms with Crippen molar-refractivity contribution in [1.29, 1.82) is 0 Å². The fourth-order valence-electron chi connectivity index (χ4n) is 3.40. The first-order valence-corrected chi connectivity index (χ1v) is 8.97. The van der Waals surface area contributed by atoms with Crippen LogP contribution in [-0.2, 0) is 6.42 Å². The van der Waals surface area contributed by atoms with Crippen LogP contribution in [0.1, 0.15) is 42.0 Å². The molecule has 3 aromatic carbocycles. The van der Waals surface area contributed by atoms with Crippen molar-refractivity contribution in [1.82, 2.24) is 0 Å². The maximum absolute atomic E-state index is 10.4. The zero-order valence-corrected chi connectivity index (χ0v) is 15.4. The van der Waals surface area contributed by atoms with Crippen molar-refractivity contribution < 1.29 is 20.4 Å². The highest BCUT2D eigenvalue weighted by Gasteiger charge is 2.23. The van der Waals surface area contributed by atoms with Crippen LogP contribution in [0.25, 0.3) is 0 Å². The minimum atomic E-state index is -0.445. The summed E-state index contributed by atoms with van der Waals surface area (Å²) >= 11 is 0. The maximum Gasteiger partial charge on any atom is 0.123 e. The van der Waals surface area contributed by atoms with Crippen LogP contribution in [0.15, 0.2) is 60.7 Å². The first kappa shape index (κ1) is 18.6. The van der Waals surface area contributed by atoms with E-state index in [-0.39, 0.29) is 23.0 Å². The molecule has 0 bridgehead atoms. The molecule has 3 aromatic rings. The monoisotopic (exact) mass is 364 g/mol. The predicted octanol–water partition coefficient (Wildman–Crippen LogP) is 4.89. The molecular formula is C23H24O4. The molecular weight excluding hydrogens is 340 g/mol. The van der Waals surface area contributed by atoms with E-state index in [1.54, 1.807) is 12.1 Å². The largest absolute Gasteiger partial charge is 0.508 e. The SMILES string of the molecule is CC(C)Cc1ccc(C(c2ccc(O)cc2O)c2ccc(O)cc2O)cc1. The third-order valence-electron chi connectivity index (χ3n) is 4.61. The molecule has 0 saturated carbocycles. The van der Waals surface area contributed by atoms with E-state index < -0.39 is 5.92 Å². The van der Waals surface area contributed by atoms with E-state index in [0.29, 0.717) is 17.0 Å². The fourth-order valence-corrected chi connectivity index (χ4v) is 3.40. The van der Waals surface area contributed by atoms with Crippen molar-refractivity contribution >= 4 is 0 Å². The van der Waals surface area contributed by atoms with Gasteiger partial charge in [0.25, 0.3) is 0 Å². The van der Waals surface area contributed by atoms with Gasteiger partial charge in [0.15, 0.2) is 0 Å². The topological polar surface area (TPSA) is 80.9 Å². The standard InChI is InChI=1S/C23H24O4/c1-14(2)11-15-3-5-16(6-4-15)23(19-9-7-17(24)12-21(19)26)20-10-8-18(25)13-22(20)27/h3-10,12-14,23-27H,11H2,1-2H3. The van der Waals surface area contributed by atoms with Crippen molar-refractivity contribution in [3.8, 4) is 23.0 Å². The summed E-state index contributed by atoms with van der Waals surface area (Å²) in [6, 6.07) is 16.9. The lowest BCUT2D eigenvalue weighted by molar-refractivity contribution is 0.440. The molecule has 0 aromatic heterocycles. The Hall–Kier alpha value is -3.14. The second-order valence-corrected chi connectivity index (χ2v) is 7.26. The van der Waals surface area contributed by atoms with Gasteiger partial charge in [-0.2, -0.15) is 0 Å². The van der Waals surface area contributed by atoms with Crippen LogP contribution in [-0.4, -0.2) is 20.4 Å². The van der Waals surface area contributed by atoms with E-state index in [4.69, 9.17) is 0 Å². The Labute approximate surface area is 159 Å². The second kappa shape index (κ2) is 7.62. The number of rotatable bonds is 5. The van der Waals surface area contributed by atoms with Crippen molar-refractivity contribution in [2.75, 3.05) is 0 Å². The molecule has 27 heavy (non-hydrogen) atoms. The average Bonchev–Trinajstić information content (AvgIpc) is 2.59. The molecule has 140 valence electrons. The molecule has 0 unspecified atom stereocenters. The smallest absolute Gasteiger partial charge is 0.123 e. The van der Waals surface area contributed by atoms with E-state index in [2.05, 4.69) is 26.0 Å². The van der Waals surface area contributed by atoms with Crippen molar-refractivity contribution in [3.05, 3.63) is 82.9 Å². The van der Waals surface area contributed by atoms with Gasteiger partial charge in [0.2, 0.25) is 0 Å². The van der Waals surface area contributed by atoms with Crippen LogP contribution in [0.3, 0.4) is 0 Å². The number of hydrogen-bond donors (Lipinski definition) is 4. The minimum absolute atomic E-state index is 0.0304. The van der Waals surface area contributed by atoms with Gasteiger partial charge in [-0.05, 0) is 35.6 Å². The predicted molar refractivity (Wildman–Crippen MR) is 105 cm³/mol. The van der Waals surface area contributed by atoms with E-state index >= 15 is 0 Å². The lowest BCUT2D eigenvalue weighted by Gasteiger charge is -2.21. The van der Waals surface area contributed by atoms with Crippen LogP contribution in [0, 0.1) is 5.92 Å². The minimum Gasteiger partial charge on any atom is -0.508 e. The summed E-state index contributed by atoms with van der Waals surface area (Å²) in [5, 5.41) is 40.1. The molecule has 0 aliphatic heterocycles. The summed E-state index contributed by atoms with van der Waals surface area (Å²) in [6.07, 6.45) is 0.972. The number of hydrogen-bond acceptors (Lipinski definition) is 4. The average molecular weight is 364 g/mol. The first-order valence-electron chi connectivity index (χ1n) is 8.97. The maximum atomic E-state index is 10.4. The molecule has 0 saturated heterocycles. The Morgan fingerprint density at radius 3 is 1.56 bits per heavy atom. The third-order valence-corrected chi connectivity index (χ3v) is 4.61. The van der Waals surface area contributed by atoms with Gasteiger partial charge in [0.05, 0.1) is 0 Å².